The van der Waals surface area contributed by atoms with Crippen molar-refractivity contribution in [2.24, 2.45) is 0 Å². The van der Waals surface area contributed by atoms with E-state index in [1.807, 2.05) is 19.1 Å². The zero-order chi connectivity index (χ0) is 16.1. The van der Waals surface area contributed by atoms with Crippen LogP contribution in [-0.2, 0) is 14.3 Å². The van der Waals surface area contributed by atoms with Gasteiger partial charge in [0.25, 0.3) is 0 Å². The second-order valence-electron chi connectivity index (χ2n) is 5.39. The fourth-order valence-electron chi connectivity index (χ4n) is 2.56. The van der Waals surface area contributed by atoms with Crippen molar-refractivity contribution in [1.29, 1.82) is 0 Å². The molecule has 22 heavy (non-hydrogen) atoms. The van der Waals surface area contributed by atoms with Crippen molar-refractivity contribution in [2.75, 3.05) is 24.6 Å². The van der Waals surface area contributed by atoms with Crippen molar-refractivity contribution in [1.82, 2.24) is 5.32 Å². The lowest BCUT2D eigenvalue weighted by molar-refractivity contribution is -0.130. The molecular formula is C16H21ClN2O3. The highest BCUT2D eigenvalue weighted by Crippen LogP contribution is 2.23. The number of rotatable bonds is 5. The summed E-state index contributed by atoms with van der Waals surface area (Å²) in [5.41, 5.74) is 1.73. The highest BCUT2D eigenvalue weighted by atomic mass is 35.5. The van der Waals surface area contributed by atoms with Crippen LogP contribution in [0.2, 0.25) is 5.02 Å². The van der Waals surface area contributed by atoms with Gasteiger partial charge in [0.2, 0.25) is 11.8 Å². The minimum Gasteiger partial charge on any atom is -0.368 e. The number of nitrogens with one attached hydrogen (secondary N) is 1. The number of carbonyl (C=O) groups is 2. The number of carbonyl (C=O) groups excluding carboxylic acids is 2. The third-order valence-electron chi connectivity index (χ3n) is 3.69. The molecule has 0 spiro atoms. The van der Waals surface area contributed by atoms with Gasteiger partial charge in [0.1, 0.15) is 6.10 Å². The summed E-state index contributed by atoms with van der Waals surface area (Å²) in [5.74, 6) is -0.175. The Morgan fingerprint density at radius 2 is 2.23 bits per heavy atom. The molecule has 1 aromatic rings. The Labute approximate surface area is 135 Å². The summed E-state index contributed by atoms with van der Waals surface area (Å²) < 4.78 is 5.33. The Bertz CT molecular complexity index is 556. The van der Waals surface area contributed by atoms with E-state index in [0.29, 0.717) is 24.7 Å². The first-order valence-corrected chi connectivity index (χ1v) is 7.80. The van der Waals surface area contributed by atoms with Crippen LogP contribution in [0.5, 0.6) is 0 Å². The Hall–Kier alpha value is -1.59. The van der Waals surface area contributed by atoms with Crippen molar-refractivity contribution in [3.05, 3.63) is 28.8 Å². The minimum absolute atomic E-state index is 0.0724. The van der Waals surface area contributed by atoms with Crippen LogP contribution in [0.3, 0.4) is 0 Å². The standard InChI is InChI=1S/C16H21ClN2O3/c1-11-10-13(17)5-6-14(11)19(12(2)20)8-7-18-16(21)15-4-3-9-22-15/h5-6,10,15H,3-4,7-9H2,1-2H3,(H,18,21). The van der Waals surface area contributed by atoms with Crippen LogP contribution in [0, 0.1) is 6.92 Å². The van der Waals surface area contributed by atoms with Gasteiger partial charge >= 0.3 is 0 Å². The number of benzene rings is 1. The summed E-state index contributed by atoms with van der Waals surface area (Å²) in [4.78, 5) is 25.4. The molecule has 1 aliphatic heterocycles. The van der Waals surface area contributed by atoms with Gasteiger partial charge in [-0.05, 0) is 43.5 Å². The lowest BCUT2D eigenvalue weighted by Crippen LogP contribution is -2.41. The molecule has 0 radical (unpaired) electrons. The van der Waals surface area contributed by atoms with Crippen LogP contribution in [-0.4, -0.2) is 37.6 Å². The van der Waals surface area contributed by atoms with Gasteiger partial charge in [0.05, 0.1) is 0 Å². The third kappa shape index (κ3) is 4.21. The van der Waals surface area contributed by atoms with E-state index < -0.39 is 0 Å². The van der Waals surface area contributed by atoms with E-state index in [2.05, 4.69) is 5.32 Å². The summed E-state index contributed by atoms with van der Waals surface area (Å²) in [7, 11) is 0. The van der Waals surface area contributed by atoms with E-state index in [-0.39, 0.29) is 17.9 Å². The first-order chi connectivity index (χ1) is 10.5. The van der Waals surface area contributed by atoms with Crippen molar-refractivity contribution < 1.29 is 14.3 Å². The van der Waals surface area contributed by atoms with Gasteiger partial charge in [-0.25, -0.2) is 0 Å². The van der Waals surface area contributed by atoms with E-state index >= 15 is 0 Å². The first-order valence-electron chi connectivity index (χ1n) is 7.42. The van der Waals surface area contributed by atoms with Crippen LogP contribution < -0.4 is 10.2 Å². The molecule has 1 heterocycles. The van der Waals surface area contributed by atoms with Crippen molar-refractivity contribution in [3.8, 4) is 0 Å². The molecule has 1 fully saturated rings. The van der Waals surface area contributed by atoms with E-state index in [0.717, 1.165) is 24.1 Å². The largest absolute Gasteiger partial charge is 0.368 e. The van der Waals surface area contributed by atoms with Gasteiger partial charge in [0.15, 0.2) is 0 Å². The SMILES string of the molecule is CC(=O)N(CCNC(=O)C1CCCO1)c1ccc(Cl)cc1C. The average Bonchev–Trinajstić information content (AvgIpc) is 2.98. The monoisotopic (exact) mass is 324 g/mol. The molecule has 1 atom stereocenters. The molecule has 5 nitrogen and oxygen atoms in total. The number of hydrogen-bond donors (Lipinski definition) is 1. The van der Waals surface area contributed by atoms with E-state index in [4.69, 9.17) is 16.3 Å². The van der Waals surface area contributed by atoms with Gasteiger partial charge in [0, 0.05) is 37.3 Å². The van der Waals surface area contributed by atoms with Crippen molar-refractivity contribution >= 4 is 29.1 Å². The first kappa shape index (κ1) is 16.8. The number of halogens is 1. The maximum Gasteiger partial charge on any atom is 0.249 e. The van der Waals surface area contributed by atoms with Crippen molar-refractivity contribution in [2.45, 2.75) is 32.8 Å². The second kappa shape index (κ2) is 7.61. The van der Waals surface area contributed by atoms with Crippen LogP contribution >= 0.6 is 11.6 Å². The fraction of sp³-hybridized carbons (Fsp3) is 0.500. The predicted octanol–water partition coefficient (Wildman–Crippen LogP) is 2.30. The molecule has 6 heteroatoms. The highest BCUT2D eigenvalue weighted by Gasteiger charge is 2.23. The van der Waals surface area contributed by atoms with Crippen molar-refractivity contribution in [3.63, 3.8) is 0 Å². The number of hydrogen-bond acceptors (Lipinski definition) is 3. The van der Waals surface area contributed by atoms with Gasteiger partial charge in [-0.3, -0.25) is 9.59 Å². The number of amides is 2. The highest BCUT2D eigenvalue weighted by molar-refractivity contribution is 6.30. The van der Waals surface area contributed by atoms with Crippen LogP contribution in [0.1, 0.15) is 25.3 Å². The zero-order valence-electron chi connectivity index (χ0n) is 12.9. The van der Waals surface area contributed by atoms with Gasteiger partial charge in [-0.15, -0.1) is 0 Å². The Balaban J connectivity index is 1.94. The second-order valence-corrected chi connectivity index (χ2v) is 5.83. The number of anilines is 1. The lowest BCUT2D eigenvalue weighted by Gasteiger charge is -2.23. The molecule has 1 aromatic carbocycles. The molecule has 2 amide bonds. The number of nitrogens with zero attached hydrogens (tertiary/aromatic N) is 1. The summed E-state index contributed by atoms with van der Waals surface area (Å²) in [6.45, 7) is 4.86. The Kier molecular flexibility index (Phi) is 5.80. The summed E-state index contributed by atoms with van der Waals surface area (Å²) in [5, 5.41) is 3.46. The molecule has 1 unspecified atom stereocenters. The molecule has 0 saturated carbocycles. The molecule has 120 valence electrons. The molecule has 0 aromatic heterocycles. The molecule has 0 bridgehead atoms. The smallest absolute Gasteiger partial charge is 0.249 e. The molecule has 1 aliphatic rings. The zero-order valence-corrected chi connectivity index (χ0v) is 13.7. The van der Waals surface area contributed by atoms with Gasteiger partial charge in [-0.2, -0.15) is 0 Å². The molecule has 1 N–H and O–H groups in total. The van der Waals surface area contributed by atoms with Crippen LogP contribution in [0.15, 0.2) is 18.2 Å². The molecule has 2 rings (SSSR count). The van der Waals surface area contributed by atoms with Gasteiger partial charge < -0.3 is 15.0 Å². The topological polar surface area (TPSA) is 58.6 Å². The van der Waals surface area contributed by atoms with E-state index in [1.165, 1.54) is 6.92 Å². The maximum absolute atomic E-state index is 11.9. The van der Waals surface area contributed by atoms with E-state index in [9.17, 15) is 9.59 Å². The third-order valence-corrected chi connectivity index (χ3v) is 3.92. The maximum atomic E-state index is 11.9. The van der Waals surface area contributed by atoms with Crippen LogP contribution in [0.4, 0.5) is 5.69 Å². The molecule has 0 aliphatic carbocycles. The summed E-state index contributed by atoms with van der Waals surface area (Å²) in [6.07, 6.45) is 1.34. The number of ether oxygens (including phenoxy) is 1. The Morgan fingerprint density at radius 3 is 2.82 bits per heavy atom. The van der Waals surface area contributed by atoms with Gasteiger partial charge in [-0.1, -0.05) is 11.6 Å². The molecule has 1 saturated heterocycles. The predicted molar refractivity (Wildman–Crippen MR) is 86.2 cm³/mol. The minimum atomic E-state index is -0.344. The number of aryl methyl sites for hydroxylation is 1. The summed E-state index contributed by atoms with van der Waals surface area (Å²) >= 11 is 5.95. The summed E-state index contributed by atoms with van der Waals surface area (Å²) in [6, 6.07) is 5.39. The molecular weight excluding hydrogens is 304 g/mol. The normalized spacial score (nSPS) is 17.3. The van der Waals surface area contributed by atoms with E-state index in [1.54, 1.807) is 11.0 Å². The Morgan fingerprint density at radius 1 is 1.45 bits per heavy atom. The quantitative estimate of drug-likeness (QED) is 0.904. The van der Waals surface area contributed by atoms with Crippen LogP contribution in [0.25, 0.3) is 0 Å². The average molecular weight is 325 g/mol. The fourth-order valence-corrected chi connectivity index (χ4v) is 2.79. The lowest BCUT2D eigenvalue weighted by atomic mass is 10.1.